The van der Waals surface area contributed by atoms with Gasteiger partial charge >= 0.3 is 0 Å². The van der Waals surface area contributed by atoms with Crippen molar-refractivity contribution in [2.75, 3.05) is 13.2 Å². The van der Waals surface area contributed by atoms with Crippen molar-refractivity contribution in [3.05, 3.63) is 35.4 Å². The van der Waals surface area contributed by atoms with E-state index in [-0.39, 0.29) is 6.61 Å². The molecule has 3 nitrogen and oxygen atoms in total. The molecule has 0 spiro atoms. The van der Waals surface area contributed by atoms with Crippen molar-refractivity contribution in [2.24, 2.45) is 5.73 Å². The van der Waals surface area contributed by atoms with Crippen molar-refractivity contribution in [3.8, 4) is 0 Å². The van der Waals surface area contributed by atoms with Gasteiger partial charge in [-0.1, -0.05) is 42.9 Å². The minimum absolute atomic E-state index is 0.200. The average molecular weight is 264 g/mol. The molecule has 0 unspecified atom stereocenters. The Bertz CT molecular complexity index is 418. The topological polar surface area (TPSA) is 49.5 Å². The number of thiocarbonyl (C=S) groups is 1. The number of nitrogens with two attached hydrogens (primary N) is 1. The van der Waals surface area contributed by atoms with E-state index < -0.39 is 0 Å². The molecule has 98 valence electrons. The summed E-state index contributed by atoms with van der Waals surface area (Å²) in [6, 6.07) is 8.61. The maximum atomic E-state index is 9.17. The van der Waals surface area contributed by atoms with Crippen LogP contribution in [0.1, 0.15) is 30.4 Å². The van der Waals surface area contributed by atoms with E-state index in [0.29, 0.717) is 11.0 Å². The molecule has 3 N–H and O–H groups in total. The van der Waals surface area contributed by atoms with Gasteiger partial charge in [-0.05, 0) is 18.4 Å². The van der Waals surface area contributed by atoms with Gasteiger partial charge in [-0.25, -0.2) is 0 Å². The monoisotopic (exact) mass is 264 g/mol. The summed E-state index contributed by atoms with van der Waals surface area (Å²) in [5.74, 6) is 0. The van der Waals surface area contributed by atoms with Crippen LogP contribution in [0, 0.1) is 0 Å². The van der Waals surface area contributed by atoms with Crippen LogP contribution in [0.5, 0.6) is 0 Å². The minimum atomic E-state index is 0.200. The van der Waals surface area contributed by atoms with E-state index in [1.165, 1.54) is 19.3 Å². The van der Waals surface area contributed by atoms with Crippen molar-refractivity contribution in [3.63, 3.8) is 0 Å². The second kappa shape index (κ2) is 6.27. The number of hydrogen-bond donors (Lipinski definition) is 2. The fourth-order valence-corrected chi connectivity index (χ4v) is 2.59. The molecule has 1 aliphatic carbocycles. The molecule has 0 radical (unpaired) electrons. The Morgan fingerprint density at radius 1 is 1.39 bits per heavy atom. The van der Waals surface area contributed by atoms with Crippen LogP contribution >= 0.6 is 12.2 Å². The van der Waals surface area contributed by atoms with Gasteiger partial charge in [0.05, 0.1) is 6.61 Å². The van der Waals surface area contributed by atoms with Gasteiger partial charge in [-0.15, -0.1) is 0 Å². The standard InChI is InChI=1S/C14H20N2OS/c15-14(18)13-7-2-1-4-11(13)10-16(8-9-17)12-5-3-6-12/h1-2,4,7,12,17H,3,5-6,8-10H2,(H2,15,18). The van der Waals surface area contributed by atoms with Gasteiger partial charge in [0.15, 0.2) is 0 Å². The third-order valence-electron chi connectivity index (χ3n) is 3.63. The molecule has 1 aliphatic rings. The van der Waals surface area contributed by atoms with Crippen LogP contribution in [-0.2, 0) is 6.54 Å². The minimum Gasteiger partial charge on any atom is -0.395 e. The van der Waals surface area contributed by atoms with Gasteiger partial charge in [-0.3, -0.25) is 4.90 Å². The largest absolute Gasteiger partial charge is 0.395 e. The van der Waals surface area contributed by atoms with E-state index in [1.54, 1.807) is 0 Å². The molecular weight excluding hydrogens is 244 g/mol. The SMILES string of the molecule is NC(=S)c1ccccc1CN(CCO)C1CCC1. The Hall–Kier alpha value is -0.970. The molecule has 0 aliphatic heterocycles. The third-order valence-corrected chi connectivity index (χ3v) is 3.85. The maximum Gasteiger partial charge on any atom is 0.104 e. The van der Waals surface area contributed by atoms with Gasteiger partial charge in [0.25, 0.3) is 0 Å². The lowest BCUT2D eigenvalue weighted by Crippen LogP contribution is -2.41. The molecule has 1 saturated carbocycles. The van der Waals surface area contributed by atoms with Crippen molar-refractivity contribution < 1.29 is 5.11 Å². The number of rotatable bonds is 6. The van der Waals surface area contributed by atoms with Crippen LogP contribution in [0.25, 0.3) is 0 Å². The predicted molar refractivity (Wildman–Crippen MR) is 77.5 cm³/mol. The van der Waals surface area contributed by atoms with E-state index in [9.17, 15) is 0 Å². The molecule has 0 bridgehead atoms. The van der Waals surface area contributed by atoms with Crippen LogP contribution in [0.4, 0.5) is 0 Å². The number of hydrogen-bond acceptors (Lipinski definition) is 3. The highest BCUT2D eigenvalue weighted by atomic mass is 32.1. The summed E-state index contributed by atoms with van der Waals surface area (Å²) >= 11 is 5.08. The van der Waals surface area contributed by atoms with Crippen LogP contribution in [-0.4, -0.2) is 34.2 Å². The third kappa shape index (κ3) is 3.07. The normalized spacial score (nSPS) is 15.7. The number of nitrogens with zero attached hydrogens (tertiary/aromatic N) is 1. The van der Waals surface area contributed by atoms with Gasteiger partial charge in [0, 0.05) is 24.7 Å². The average Bonchev–Trinajstić information content (AvgIpc) is 2.27. The van der Waals surface area contributed by atoms with Gasteiger partial charge in [0.1, 0.15) is 4.99 Å². The lowest BCUT2D eigenvalue weighted by atomic mass is 9.91. The summed E-state index contributed by atoms with van der Waals surface area (Å²) in [7, 11) is 0. The highest BCUT2D eigenvalue weighted by Gasteiger charge is 2.25. The summed E-state index contributed by atoms with van der Waals surface area (Å²) < 4.78 is 0. The van der Waals surface area contributed by atoms with Crippen molar-refractivity contribution in [2.45, 2.75) is 31.8 Å². The fourth-order valence-electron chi connectivity index (χ4n) is 2.39. The molecule has 0 heterocycles. The van der Waals surface area contributed by atoms with Gasteiger partial charge < -0.3 is 10.8 Å². The predicted octanol–water partition coefficient (Wildman–Crippen LogP) is 1.67. The zero-order valence-corrected chi connectivity index (χ0v) is 11.3. The Morgan fingerprint density at radius 3 is 2.67 bits per heavy atom. The first kappa shape index (κ1) is 13.5. The Balaban J connectivity index is 2.12. The quantitative estimate of drug-likeness (QED) is 0.767. The molecule has 0 aromatic heterocycles. The highest BCUT2D eigenvalue weighted by molar-refractivity contribution is 7.80. The van der Waals surface area contributed by atoms with Crippen LogP contribution < -0.4 is 5.73 Å². The summed E-state index contributed by atoms with van der Waals surface area (Å²) in [6.45, 7) is 1.74. The Kier molecular flexibility index (Phi) is 4.69. The molecule has 1 aromatic rings. The molecule has 0 amide bonds. The summed E-state index contributed by atoms with van der Waals surface area (Å²) in [6.07, 6.45) is 3.76. The van der Waals surface area contributed by atoms with Crippen LogP contribution in [0.3, 0.4) is 0 Å². The molecule has 18 heavy (non-hydrogen) atoms. The van der Waals surface area contributed by atoms with E-state index in [2.05, 4.69) is 11.0 Å². The van der Waals surface area contributed by atoms with Crippen LogP contribution in [0.2, 0.25) is 0 Å². The molecule has 4 heteroatoms. The van der Waals surface area contributed by atoms with E-state index in [1.807, 2.05) is 18.2 Å². The van der Waals surface area contributed by atoms with Crippen molar-refractivity contribution in [1.29, 1.82) is 0 Å². The number of aliphatic hydroxyl groups excluding tert-OH is 1. The fraction of sp³-hybridized carbons (Fsp3) is 0.500. The van der Waals surface area contributed by atoms with E-state index in [4.69, 9.17) is 23.1 Å². The first-order valence-electron chi connectivity index (χ1n) is 6.45. The van der Waals surface area contributed by atoms with E-state index >= 15 is 0 Å². The van der Waals surface area contributed by atoms with E-state index in [0.717, 1.165) is 24.2 Å². The zero-order valence-electron chi connectivity index (χ0n) is 10.5. The second-order valence-corrected chi connectivity index (χ2v) is 5.24. The summed E-state index contributed by atoms with van der Waals surface area (Å²) in [4.78, 5) is 2.78. The first-order chi connectivity index (χ1) is 8.72. The van der Waals surface area contributed by atoms with Crippen molar-refractivity contribution >= 4 is 17.2 Å². The second-order valence-electron chi connectivity index (χ2n) is 4.80. The molecule has 1 fully saturated rings. The first-order valence-corrected chi connectivity index (χ1v) is 6.86. The number of aliphatic hydroxyl groups is 1. The molecule has 0 saturated heterocycles. The van der Waals surface area contributed by atoms with Crippen molar-refractivity contribution in [1.82, 2.24) is 4.90 Å². The summed E-state index contributed by atoms with van der Waals surface area (Å²) in [5.41, 5.74) is 7.86. The zero-order chi connectivity index (χ0) is 13.0. The lowest BCUT2D eigenvalue weighted by Gasteiger charge is -2.37. The Labute approximate surface area is 114 Å². The van der Waals surface area contributed by atoms with Gasteiger partial charge in [0.2, 0.25) is 0 Å². The number of benzene rings is 1. The summed E-state index contributed by atoms with van der Waals surface area (Å²) in [5, 5.41) is 9.17. The van der Waals surface area contributed by atoms with Gasteiger partial charge in [-0.2, -0.15) is 0 Å². The molecule has 2 rings (SSSR count). The smallest absolute Gasteiger partial charge is 0.104 e. The highest BCUT2D eigenvalue weighted by Crippen LogP contribution is 2.26. The molecular formula is C14H20N2OS. The Morgan fingerprint density at radius 2 is 2.11 bits per heavy atom. The maximum absolute atomic E-state index is 9.17. The molecule has 0 atom stereocenters. The molecule has 1 aromatic carbocycles. The lowest BCUT2D eigenvalue weighted by molar-refractivity contribution is 0.0945. The van der Waals surface area contributed by atoms with Crippen LogP contribution in [0.15, 0.2) is 24.3 Å².